The molecule has 0 aromatic carbocycles. The molecule has 0 aliphatic rings. The van der Waals surface area contributed by atoms with Crippen molar-refractivity contribution < 1.29 is 13.2 Å². The maximum absolute atomic E-state index is 12.4. The molecule has 0 saturated heterocycles. The summed E-state index contributed by atoms with van der Waals surface area (Å²) in [5.74, 6) is 0.0961. The van der Waals surface area contributed by atoms with Gasteiger partial charge < -0.3 is 5.73 Å². The summed E-state index contributed by atoms with van der Waals surface area (Å²) in [6.07, 6.45) is 0.340. The fourth-order valence-corrected chi connectivity index (χ4v) is 1.32. The van der Waals surface area contributed by atoms with Crippen LogP contribution in [-0.2, 0) is 6.18 Å². The SMILES string of the molecule is Nc1ncc(C(F)(F)F)cc1C=CCCBr. The van der Waals surface area contributed by atoms with Gasteiger partial charge in [-0.2, -0.15) is 13.2 Å². The highest BCUT2D eigenvalue weighted by atomic mass is 79.9. The molecule has 0 atom stereocenters. The second-order valence-corrected chi connectivity index (χ2v) is 3.87. The predicted octanol–water partition coefficient (Wildman–Crippen LogP) is 3.48. The number of hydrogen-bond donors (Lipinski definition) is 1. The molecule has 0 saturated carbocycles. The highest BCUT2D eigenvalue weighted by Crippen LogP contribution is 2.30. The molecule has 0 amide bonds. The second kappa shape index (κ2) is 5.34. The standard InChI is InChI=1S/C10H10BrF3N2/c11-4-2-1-3-7-5-8(10(12,13)14)6-16-9(7)15/h1,3,5-6H,2,4H2,(H2,15,16). The molecule has 6 heteroatoms. The predicted molar refractivity (Wildman–Crippen MR) is 61.1 cm³/mol. The number of anilines is 1. The van der Waals surface area contributed by atoms with Gasteiger partial charge in [-0.1, -0.05) is 28.1 Å². The summed E-state index contributed by atoms with van der Waals surface area (Å²) >= 11 is 3.21. The van der Waals surface area contributed by atoms with Crippen LogP contribution in [0, 0.1) is 0 Å². The molecule has 1 rings (SSSR count). The number of aromatic nitrogens is 1. The Morgan fingerprint density at radius 3 is 2.69 bits per heavy atom. The Kier molecular flexibility index (Phi) is 4.35. The van der Waals surface area contributed by atoms with Crippen LogP contribution in [0.5, 0.6) is 0 Å². The van der Waals surface area contributed by atoms with Crippen molar-refractivity contribution in [3.8, 4) is 0 Å². The van der Waals surface area contributed by atoms with E-state index in [0.29, 0.717) is 0 Å². The molecule has 0 fully saturated rings. The van der Waals surface area contributed by atoms with Crippen LogP contribution in [0.25, 0.3) is 6.08 Å². The van der Waals surface area contributed by atoms with Crippen LogP contribution in [0.1, 0.15) is 17.5 Å². The maximum atomic E-state index is 12.4. The van der Waals surface area contributed by atoms with Gasteiger partial charge in [-0.3, -0.25) is 0 Å². The summed E-state index contributed by atoms with van der Waals surface area (Å²) in [4.78, 5) is 3.52. The summed E-state index contributed by atoms with van der Waals surface area (Å²) in [6.45, 7) is 0. The lowest BCUT2D eigenvalue weighted by Gasteiger charge is -2.07. The van der Waals surface area contributed by atoms with Gasteiger partial charge in [0.15, 0.2) is 0 Å². The highest BCUT2D eigenvalue weighted by Gasteiger charge is 2.31. The van der Waals surface area contributed by atoms with Crippen molar-refractivity contribution in [3.63, 3.8) is 0 Å². The molecule has 0 radical (unpaired) electrons. The first-order valence-corrected chi connectivity index (χ1v) is 5.62. The normalized spacial score (nSPS) is 12.2. The van der Waals surface area contributed by atoms with E-state index in [2.05, 4.69) is 20.9 Å². The van der Waals surface area contributed by atoms with Crippen molar-refractivity contribution in [2.75, 3.05) is 11.1 Å². The molecule has 1 aromatic rings. The summed E-state index contributed by atoms with van der Waals surface area (Å²) in [6, 6.07) is 0.993. The Labute approximate surface area is 99.5 Å². The van der Waals surface area contributed by atoms with E-state index >= 15 is 0 Å². The molecule has 1 aromatic heterocycles. The number of allylic oxidation sites excluding steroid dienone is 1. The summed E-state index contributed by atoms with van der Waals surface area (Å²) < 4.78 is 37.1. The number of nitrogens with two attached hydrogens (primary N) is 1. The molecule has 88 valence electrons. The van der Waals surface area contributed by atoms with Gasteiger partial charge in [0.25, 0.3) is 0 Å². The molecule has 0 aliphatic heterocycles. The third-order valence-corrected chi connectivity index (χ3v) is 2.31. The zero-order valence-electron chi connectivity index (χ0n) is 8.26. The Balaban J connectivity index is 3.00. The number of rotatable bonds is 3. The number of hydrogen-bond acceptors (Lipinski definition) is 2. The van der Waals surface area contributed by atoms with E-state index in [-0.39, 0.29) is 11.4 Å². The average Bonchev–Trinajstić information content (AvgIpc) is 2.19. The third-order valence-electron chi connectivity index (χ3n) is 1.85. The van der Waals surface area contributed by atoms with E-state index in [9.17, 15) is 13.2 Å². The largest absolute Gasteiger partial charge is 0.417 e. The van der Waals surface area contributed by atoms with Crippen LogP contribution < -0.4 is 5.73 Å². The minimum absolute atomic E-state index is 0.0961. The van der Waals surface area contributed by atoms with E-state index in [1.807, 2.05) is 0 Å². The molecule has 0 aliphatic carbocycles. The van der Waals surface area contributed by atoms with E-state index in [1.165, 1.54) is 0 Å². The first-order chi connectivity index (χ1) is 7.45. The Bertz CT molecular complexity index is 388. The fraction of sp³-hybridized carbons (Fsp3) is 0.300. The van der Waals surface area contributed by atoms with Gasteiger partial charge in [0.2, 0.25) is 0 Å². The molecular formula is C10H10BrF3N2. The summed E-state index contributed by atoms with van der Waals surface area (Å²) in [7, 11) is 0. The Hall–Kier alpha value is -1.04. The van der Waals surface area contributed by atoms with Crippen LogP contribution in [-0.4, -0.2) is 10.3 Å². The number of halogens is 4. The van der Waals surface area contributed by atoms with Gasteiger partial charge in [0.05, 0.1) is 5.56 Å². The number of nitrogens with zero attached hydrogens (tertiary/aromatic N) is 1. The lowest BCUT2D eigenvalue weighted by molar-refractivity contribution is -0.137. The van der Waals surface area contributed by atoms with Gasteiger partial charge in [-0.15, -0.1) is 0 Å². The molecule has 0 unspecified atom stereocenters. The van der Waals surface area contributed by atoms with Crippen molar-refractivity contribution in [2.24, 2.45) is 0 Å². The molecule has 2 N–H and O–H groups in total. The minimum atomic E-state index is -4.39. The Morgan fingerprint density at radius 2 is 2.12 bits per heavy atom. The monoisotopic (exact) mass is 294 g/mol. The maximum Gasteiger partial charge on any atom is 0.417 e. The highest BCUT2D eigenvalue weighted by molar-refractivity contribution is 9.09. The number of pyridine rings is 1. The van der Waals surface area contributed by atoms with Gasteiger partial charge >= 0.3 is 6.18 Å². The van der Waals surface area contributed by atoms with Crippen molar-refractivity contribution in [3.05, 3.63) is 29.5 Å². The van der Waals surface area contributed by atoms with Crippen LogP contribution >= 0.6 is 15.9 Å². The smallest absolute Gasteiger partial charge is 0.383 e. The second-order valence-electron chi connectivity index (χ2n) is 3.08. The average molecular weight is 295 g/mol. The summed E-state index contributed by atoms with van der Waals surface area (Å²) in [5, 5.41) is 0.746. The number of alkyl halides is 4. The molecule has 0 spiro atoms. The van der Waals surface area contributed by atoms with Crippen molar-refractivity contribution in [1.82, 2.24) is 4.98 Å². The lowest BCUT2D eigenvalue weighted by Crippen LogP contribution is -2.07. The molecular weight excluding hydrogens is 285 g/mol. The zero-order chi connectivity index (χ0) is 12.2. The van der Waals surface area contributed by atoms with E-state index in [4.69, 9.17) is 5.73 Å². The van der Waals surface area contributed by atoms with Crippen molar-refractivity contribution >= 4 is 27.8 Å². The molecule has 2 nitrogen and oxygen atoms in total. The van der Waals surface area contributed by atoms with Gasteiger partial charge in [-0.25, -0.2) is 4.98 Å². The lowest BCUT2D eigenvalue weighted by atomic mass is 10.1. The quantitative estimate of drug-likeness (QED) is 0.867. The van der Waals surface area contributed by atoms with Crippen molar-refractivity contribution in [1.29, 1.82) is 0 Å². The molecule has 16 heavy (non-hydrogen) atoms. The van der Waals surface area contributed by atoms with Gasteiger partial charge in [-0.05, 0) is 12.5 Å². The van der Waals surface area contributed by atoms with Gasteiger partial charge in [0.1, 0.15) is 5.82 Å². The topological polar surface area (TPSA) is 38.9 Å². The Morgan fingerprint density at radius 1 is 1.44 bits per heavy atom. The minimum Gasteiger partial charge on any atom is -0.383 e. The van der Waals surface area contributed by atoms with E-state index < -0.39 is 11.7 Å². The van der Waals surface area contributed by atoms with Crippen LogP contribution in [0.15, 0.2) is 18.3 Å². The zero-order valence-corrected chi connectivity index (χ0v) is 9.85. The fourth-order valence-electron chi connectivity index (χ4n) is 1.05. The number of nitrogen functional groups attached to an aromatic ring is 1. The van der Waals surface area contributed by atoms with Crippen LogP contribution in [0.4, 0.5) is 19.0 Å². The molecule has 0 bridgehead atoms. The van der Waals surface area contributed by atoms with Crippen molar-refractivity contribution in [2.45, 2.75) is 12.6 Å². The first-order valence-electron chi connectivity index (χ1n) is 4.50. The first kappa shape index (κ1) is 13.0. The molecule has 1 heterocycles. The third kappa shape index (κ3) is 3.52. The summed E-state index contributed by atoms with van der Waals surface area (Å²) in [5.41, 5.74) is 4.97. The van der Waals surface area contributed by atoms with Crippen LogP contribution in [0.2, 0.25) is 0 Å². The van der Waals surface area contributed by atoms with E-state index in [1.54, 1.807) is 12.2 Å². The van der Waals surface area contributed by atoms with Gasteiger partial charge in [0, 0.05) is 17.1 Å². The van der Waals surface area contributed by atoms with E-state index in [0.717, 1.165) is 24.0 Å². The van der Waals surface area contributed by atoms with Crippen LogP contribution in [0.3, 0.4) is 0 Å².